The number of anilines is 1. The number of rotatable bonds is 41. The number of hydrogen-bond acceptors (Lipinski definition) is 15. The summed E-state index contributed by atoms with van der Waals surface area (Å²) in [4.78, 5) is 12.4. The van der Waals surface area contributed by atoms with Crippen molar-refractivity contribution >= 4 is 24.2 Å². The van der Waals surface area contributed by atoms with E-state index < -0.39 is 295 Å². The van der Waals surface area contributed by atoms with Gasteiger partial charge in [0.05, 0.1) is 0 Å². The summed E-state index contributed by atoms with van der Waals surface area (Å²) in [5.41, 5.74) is -22.1. The average Bonchev–Trinajstić information content (AvgIpc) is 0.665. The summed E-state index contributed by atoms with van der Waals surface area (Å²) in [5.74, 6) is -145. The van der Waals surface area contributed by atoms with E-state index in [9.17, 15) is 252 Å². The molecule has 0 bridgehead atoms. The largest absolute Gasteiger partial charge is 0.489 e. The highest BCUT2D eigenvalue weighted by atomic mass is 19.5. The SMILES string of the molecule is C=C(C)C(=O)Nc1cc(B(O)O)c(C(F)(OC(F)(F)C(F)(OC(F)(F)C(F)(OC(F)(F)C(F)(OC(F)(F)C(F)(OC(F)(F)C(F)(OC(F)(F)C(F)(F)C(F)(F)F)C(F)(F)F)C(F)(F)F)C(F)(F)F)C(F)(F)F)C(F)(F)F)C(F)(F)F)c(C(F)(OC(F)(F)C(F)(OC(F)(F)C(F)(OC(F)(F)C(F)(OC(F)(F)C(F)(OC(F)(F)C(F)(OC(F)(F)C(F)(F)C(F)(F)F)C(F)(F)F)C(F)(F)F)C(F)(F)F)C(F)(F)F)C(F)(F)F)C(F)(F)F)c1. The van der Waals surface area contributed by atoms with Gasteiger partial charge in [-0.15, -0.1) is 0 Å². The molecule has 0 fully saturated rings. The lowest BCUT2D eigenvalue weighted by molar-refractivity contribution is -0.605. The maximum atomic E-state index is 17.2. The molecule has 0 aromatic heterocycles. The normalized spacial score (nSPS) is 20.5. The van der Waals surface area contributed by atoms with Crippen LogP contribution in [0.5, 0.6) is 0 Å². The number of benzene rings is 1. The number of carbonyl (C=O) groups excluding carboxylic acids is 1. The molecule has 12 unspecified atom stereocenters. The maximum absolute atomic E-state index is 17.2. The van der Waals surface area contributed by atoms with E-state index in [0.29, 0.717) is 47.4 Å². The van der Waals surface area contributed by atoms with E-state index in [1.807, 2.05) is 0 Å². The molecule has 99 heteroatoms. The van der Waals surface area contributed by atoms with Crippen LogP contribution in [-0.2, 0) is 73.3 Å². The molecular formula is C50H10BF82NO15. The van der Waals surface area contributed by atoms with E-state index in [4.69, 9.17) is 0 Å². The summed E-state index contributed by atoms with van der Waals surface area (Å²) in [7, 11) is -5.85. The van der Waals surface area contributed by atoms with Gasteiger partial charge in [0.2, 0.25) is 0 Å². The lowest BCUT2D eigenvalue weighted by Gasteiger charge is -2.45. The lowest BCUT2D eigenvalue weighted by atomic mass is 9.72. The van der Waals surface area contributed by atoms with Gasteiger partial charge in [0.15, 0.2) is 0 Å². The molecule has 1 rings (SSSR count). The van der Waals surface area contributed by atoms with Gasteiger partial charge in [0.25, 0.3) is 5.91 Å². The second-order valence-corrected chi connectivity index (χ2v) is 26.3. The van der Waals surface area contributed by atoms with Crippen LogP contribution in [0.4, 0.5) is 366 Å². The molecule has 1 aromatic carbocycles. The van der Waals surface area contributed by atoms with Crippen LogP contribution in [0.3, 0.4) is 0 Å². The highest BCUT2D eigenvalue weighted by molar-refractivity contribution is 6.59. The summed E-state index contributed by atoms with van der Waals surface area (Å²) in [6.07, 6.45) is -259. The number of alkyl halides is 82. The van der Waals surface area contributed by atoms with Gasteiger partial charge >= 0.3 is 249 Å². The molecule has 1 aromatic rings. The Morgan fingerprint density at radius 1 is 0.215 bits per heavy atom. The third kappa shape index (κ3) is 23.4. The fraction of sp³-hybridized carbons (Fsp3) is 0.820. The highest BCUT2D eigenvalue weighted by Crippen LogP contribution is 2.70. The first-order chi connectivity index (χ1) is 63.2. The van der Waals surface area contributed by atoms with Gasteiger partial charge < -0.3 is 15.4 Å². The molecule has 149 heavy (non-hydrogen) atoms. The Kier molecular flexibility index (Phi) is 35.3. The summed E-state index contributed by atoms with van der Waals surface area (Å²) in [6.45, 7) is 2.13. The predicted octanol–water partition coefficient (Wildman–Crippen LogP) is 25.2. The molecule has 0 saturated heterocycles. The van der Waals surface area contributed by atoms with Crippen LogP contribution in [0, 0.1) is 0 Å². The van der Waals surface area contributed by atoms with Gasteiger partial charge in [0.1, 0.15) is 0 Å². The van der Waals surface area contributed by atoms with Gasteiger partial charge in [0, 0.05) is 22.4 Å². The van der Waals surface area contributed by atoms with E-state index in [0.717, 1.165) is 9.47 Å². The second-order valence-electron chi connectivity index (χ2n) is 26.3. The first-order valence-electron chi connectivity index (χ1n) is 31.7. The Morgan fingerprint density at radius 2 is 0.356 bits per heavy atom. The highest BCUT2D eigenvalue weighted by Gasteiger charge is 2.97. The summed E-state index contributed by atoms with van der Waals surface area (Å²) in [5, 5.41) is 19.6. The minimum Gasteiger partial charge on any atom is -0.423 e. The van der Waals surface area contributed by atoms with Crippen molar-refractivity contribution in [1.82, 2.24) is 0 Å². The summed E-state index contributed by atoms with van der Waals surface area (Å²) < 4.78 is 1190. The van der Waals surface area contributed by atoms with Crippen molar-refractivity contribution in [2.24, 2.45) is 0 Å². The zero-order valence-electron chi connectivity index (χ0n) is 64.1. The molecule has 0 heterocycles. The Balaban J connectivity index is 5.19. The van der Waals surface area contributed by atoms with E-state index in [-0.39, 0.29) is 12.2 Å². The number of ether oxygens (including phenoxy) is 12. The Hall–Kier alpha value is -7.81. The number of carbonyl (C=O) groups is 1. The van der Waals surface area contributed by atoms with Crippen molar-refractivity contribution in [3.63, 3.8) is 0 Å². The number of amides is 1. The standard InChI is InChI=1S/C50H10BF82NO15/c1-5(2)10(135)134-6-3-7(11(52,25(68,69)70)138-41(114,115)15(58,29(80,81)82)142-45(122,123)19(62,33(92,93)94)146-49(130,131)23(66,37(104,105)106)148-47(126,127)21(64,35(98,99)100)144-43(118,119)17(60,31(86,87)88)140-39(110,111)13(54,55)27(74,75)76)9(8(4-6)51(136)137)12(53,26(71,72)73)139-42(116,117)16(59,30(83,84)85)143-46(124,125)20(63,34(95,96)97)147-50(132,133)24(67,38(107,108)109)149-48(128,129)22(65,36(101,102)103)145-44(120,121)18(61,32(89,90)91)141-40(112,113)14(56,57)28(77,78)79/h3-4,136-137H,1H2,2H3,(H,134,135). The van der Waals surface area contributed by atoms with Crippen LogP contribution in [0.25, 0.3) is 0 Å². The topological polar surface area (TPSA) is 180 Å². The molecule has 12 atom stereocenters. The quantitative estimate of drug-likeness (QED) is 0.0320. The fourth-order valence-corrected chi connectivity index (χ4v) is 8.36. The van der Waals surface area contributed by atoms with Crippen LogP contribution in [-0.4, -0.2) is 253 Å². The van der Waals surface area contributed by atoms with Gasteiger partial charge in [-0.3, -0.25) is 61.6 Å². The Morgan fingerprint density at radius 3 is 0.483 bits per heavy atom. The van der Waals surface area contributed by atoms with Crippen LogP contribution >= 0.6 is 0 Å². The molecule has 1 amide bonds. The van der Waals surface area contributed by atoms with Gasteiger partial charge in [-0.2, -0.15) is 360 Å². The number of halogens is 82. The van der Waals surface area contributed by atoms with Crippen LogP contribution in [0.15, 0.2) is 24.3 Å². The van der Waals surface area contributed by atoms with Crippen LogP contribution in [0.2, 0.25) is 0 Å². The molecule has 0 aliphatic heterocycles. The fourth-order valence-electron chi connectivity index (χ4n) is 8.36. The summed E-state index contributed by atoms with van der Waals surface area (Å²) in [6, 6.07) is -4.88. The minimum atomic E-state index is -10.7. The van der Waals surface area contributed by atoms with Crippen molar-refractivity contribution in [3.05, 3.63) is 35.4 Å². The van der Waals surface area contributed by atoms with Crippen LogP contribution in [0.1, 0.15) is 18.1 Å². The van der Waals surface area contributed by atoms with Crippen molar-refractivity contribution in [2.45, 2.75) is 249 Å². The molecular weight excluding hydrogens is 2420 g/mol. The Labute approximate surface area is 746 Å². The molecule has 16 nitrogen and oxygen atoms in total. The summed E-state index contributed by atoms with van der Waals surface area (Å²) >= 11 is 0. The van der Waals surface area contributed by atoms with E-state index >= 15 is 123 Å². The third-order valence-electron chi connectivity index (χ3n) is 15.5. The molecule has 0 aliphatic rings. The zero-order chi connectivity index (χ0) is 122. The molecule has 0 saturated carbocycles. The molecule has 3 N–H and O–H groups in total. The maximum Gasteiger partial charge on any atom is 0.489 e. The smallest absolute Gasteiger partial charge is 0.423 e. The number of nitrogens with one attached hydrogen (secondary N) is 1. The average molecular weight is 2430 g/mol. The first-order valence-corrected chi connectivity index (χ1v) is 31.7. The number of hydrogen-bond donors (Lipinski definition) is 3. The lowest BCUT2D eigenvalue weighted by Crippen LogP contribution is -2.73. The predicted molar refractivity (Wildman–Crippen MR) is 271 cm³/mol. The van der Waals surface area contributed by atoms with Crippen molar-refractivity contribution in [1.29, 1.82) is 0 Å². The van der Waals surface area contributed by atoms with Crippen molar-refractivity contribution < 1.29 is 432 Å². The van der Waals surface area contributed by atoms with E-state index in [2.05, 4.69) is 6.58 Å². The third-order valence-corrected chi connectivity index (χ3v) is 15.5. The van der Waals surface area contributed by atoms with Gasteiger partial charge in [-0.25, -0.2) is 0 Å². The monoisotopic (exact) mass is 2430 g/mol. The minimum absolute atomic E-state index is 0.152. The van der Waals surface area contributed by atoms with Gasteiger partial charge in [-0.1, -0.05) is 6.58 Å². The Bertz CT molecular complexity index is 4850. The first kappa shape index (κ1) is 139. The van der Waals surface area contributed by atoms with E-state index in [1.165, 1.54) is 0 Å². The molecule has 0 aliphatic carbocycles. The van der Waals surface area contributed by atoms with Crippen molar-refractivity contribution in [2.75, 3.05) is 5.32 Å². The molecule has 882 valence electrons. The van der Waals surface area contributed by atoms with Crippen LogP contribution < -0.4 is 10.8 Å². The molecule has 0 radical (unpaired) electrons. The van der Waals surface area contributed by atoms with Gasteiger partial charge in [-0.05, 0) is 24.5 Å². The second kappa shape index (κ2) is 37.8. The van der Waals surface area contributed by atoms with Crippen molar-refractivity contribution in [3.8, 4) is 0 Å². The van der Waals surface area contributed by atoms with E-state index in [1.54, 1.807) is 0 Å². The zero-order valence-corrected chi connectivity index (χ0v) is 64.1. The molecule has 0 spiro atoms.